The molecule has 24 heavy (non-hydrogen) atoms. The first-order valence-corrected chi connectivity index (χ1v) is 7.42. The molecule has 0 aliphatic heterocycles. The molecule has 0 spiro atoms. The summed E-state index contributed by atoms with van der Waals surface area (Å²) in [6.07, 6.45) is 1.69. The number of ether oxygens (including phenoxy) is 3. The van der Waals surface area contributed by atoms with Gasteiger partial charge >= 0.3 is 5.97 Å². The molecule has 0 radical (unpaired) electrons. The zero-order valence-corrected chi connectivity index (χ0v) is 13.6. The third kappa shape index (κ3) is 5.01. The molecule has 0 saturated heterocycles. The van der Waals surface area contributed by atoms with Crippen LogP contribution < -0.4 is 14.2 Å². The van der Waals surface area contributed by atoms with Gasteiger partial charge in [0.25, 0.3) is 0 Å². The number of rotatable bonds is 8. The van der Waals surface area contributed by atoms with E-state index in [-0.39, 0.29) is 0 Å². The number of carboxylic acid groups (broad SMARTS) is 1. The first kappa shape index (κ1) is 17.3. The van der Waals surface area contributed by atoms with Crippen LogP contribution in [0.5, 0.6) is 17.2 Å². The molecule has 2 aromatic rings. The van der Waals surface area contributed by atoms with Crippen LogP contribution in [0.3, 0.4) is 0 Å². The number of hydrogen-bond donors (Lipinski definition) is 1. The van der Waals surface area contributed by atoms with Gasteiger partial charge in [0, 0.05) is 6.21 Å². The van der Waals surface area contributed by atoms with Gasteiger partial charge in [0.2, 0.25) is 0 Å². The van der Waals surface area contributed by atoms with Crippen LogP contribution in [0.15, 0.2) is 47.5 Å². The van der Waals surface area contributed by atoms with Crippen LogP contribution in [0.4, 0.5) is 5.69 Å². The van der Waals surface area contributed by atoms with Crippen molar-refractivity contribution in [2.45, 2.75) is 6.92 Å². The second-order valence-corrected chi connectivity index (χ2v) is 4.78. The molecule has 0 aliphatic rings. The summed E-state index contributed by atoms with van der Waals surface area (Å²) in [5.74, 6) is 0.584. The number of nitrogens with zero attached hydrogens (tertiary/aromatic N) is 1. The summed E-state index contributed by atoms with van der Waals surface area (Å²) in [4.78, 5) is 15.0. The van der Waals surface area contributed by atoms with Gasteiger partial charge < -0.3 is 19.3 Å². The van der Waals surface area contributed by atoms with Crippen LogP contribution in [-0.4, -0.2) is 37.6 Å². The molecule has 0 amide bonds. The lowest BCUT2D eigenvalue weighted by molar-refractivity contribution is -0.139. The third-order valence-corrected chi connectivity index (χ3v) is 3.05. The highest BCUT2D eigenvalue weighted by Crippen LogP contribution is 2.28. The number of carboxylic acids is 1. The average molecular weight is 329 g/mol. The number of benzene rings is 2. The normalized spacial score (nSPS) is 10.6. The summed E-state index contributed by atoms with van der Waals surface area (Å²) in [7, 11) is 1.50. The van der Waals surface area contributed by atoms with E-state index in [4.69, 9.17) is 19.3 Å². The van der Waals surface area contributed by atoms with E-state index in [0.717, 1.165) is 17.0 Å². The lowest BCUT2D eigenvalue weighted by Crippen LogP contribution is -2.10. The second kappa shape index (κ2) is 8.57. The van der Waals surface area contributed by atoms with Crippen molar-refractivity contribution < 1.29 is 24.1 Å². The summed E-state index contributed by atoms with van der Waals surface area (Å²) in [6.45, 7) is 2.14. The number of aliphatic carboxylic acids is 1. The number of methoxy groups -OCH3 is 1. The summed E-state index contributed by atoms with van der Waals surface area (Å²) < 4.78 is 15.8. The van der Waals surface area contributed by atoms with Crippen molar-refractivity contribution >= 4 is 17.9 Å². The number of carbonyl (C=O) groups is 1. The second-order valence-electron chi connectivity index (χ2n) is 4.78. The lowest BCUT2D eigenvalue weighted by Gasteiger charge is -2.09. The Labute approximate surface area is 140 Å². The van der Waals surface area contributed by atoms with E-state index in [1.165, 1.54) is 7.11 Å². The van der Waals surface area contributed by atoms with Gasteiger partial charge in [-0.2, -0.15) is 0 Å². The molecule has 2 rings (SSSR count). The first-order chi connectivity index (χ1) is 11.6. The summed E-state index contributed by atoms with van der Waals surface area (Å²) in [5, 5.41) is 8.66. The zero-order chi connectivity index (χ0) is 17.4. The van der Waals surface area contributed by atoms with Crippen molar-refractivity contribution in [3.63, 3.8) is 0 Å². The first-order valence-electron chi connectivity index (χ1n) is 7.42. The molecule has 0 aromatic heterocycles. The maximum Gasteiger partial charge on any atom is 0.341 e. The Bertz CT molecular complexity index is 710. The molecule has 6 heteroatoms. The van der Waals surface area contributed by atoms with Crippen molar-refractivity contribution in [3.05, 3.63) is 48.0 Å². The Morgan fingerprint density at radius 1 is 1.12 bits per heavy atom. The minimum absolute atomic E-state index is 0.373. The minimum atomic E-state index is -1.04. The molecular formula is C18H19NO5. The number of aliphatic imine (C=N–C) groups is 1. The van der Waals surface area contributed by atoms with E-state index < -0.39 is 12.6 Å². The highest BCUT2D eigenvalue weighted by molar-refractivity contribution is 5.83. The van der Waals surface area contributed by atoms with Gasteiger partial charge in [-0.15, -0.1) is 0 Å². The molecule has 0 saturated carbocycles. The van der Waals surface area contributed by atoms with Gasteiger partial charge in [0.15, 0.2) is 18.1 Å². The SMILES string of the molecule is CCOc1ccc(N=Cc2ccc(OCC(=O)O)c(OC)c2)cc1. The molecule has 0 bridgehead atoms. The van der Waals surface area contributed by atoms with Crippen molar-refractivity contribution in [2.24, 2.45) is 4.99 Å². The molecule has 6 nitrogen and oxygen atoms in total. The van der Waals surface area contributed by atoms with Crippen LogP contribution >= 0.6 is 0 Å². The molecule has 0 heterocycles. The Morgan fingerprint density at radius 3 is 2.50 bits per heavy atom. The highest BCUT2D eigenvalue weighted by Gasteiger charge is 2.07. The standard InChI is InChI=1S/C18H19NO5/c1-3-23-15-7-5-14(6-8-15)19-11-13-4-9-16(17(10-13)22-2)24-12-18(20)21/h4-11H,3,12H2,1-2H3,(H,20,21). The molecule has 0 fully saturated rings. The average Bonchev–Trinajstić information content (AvgIpc) is 2.59. The molecule has 0 unspecified atom stereocenters. The van der Waals surface area contributed by atoms with Gasteiger partial charge in [-0.3, -0.25) is 4.99 Å². The Balaban J connectivity index is 2.09. The van der Waals surface area contributed by atoms with Gasteiger partial charge in [0.1, 0.15) is 5.75 Å². The van der Waals surface area contributed by atoms with Crippen LogP contribution in [-0.2, 0) is 4.79 Å². The smallest absolute Gasteiger partial charge is 0.341 e. The van der Waals surface area contributed by atoms with E-state index in [1.54, 1.807) is 24.4 Å². The Morgan fingerprint density at radius 2 is 1.88 bits per heavy atom. The van der Waals surface area contributed by atoms with Gasteiger partial charge in [-0.1, -0.05) is 0 Å². The fraction of sp³-hybridized carbons (Fsp3) is 0.222. The maximum absolute atomic E-state index is 10.6. The van der Waals surface area contributed by atoms with Crippen LogP contribution in [0, 0.1) is 0 Å². The van der Waals surface area contributed by atoms with Gasteiger partial charge in [-0.05, 0) is 55.0 Å². The third-order valence-electron chi connectivity index (χ3n) is 3.05. The summed E-state index contributed by atoms with van der Waals surface area (Å²) in [5.41, 5.74) is 1.60. The van der Waals surface area contributed by atoms with Gasteiger partial charge in [-0.25, -0.2) is 4.79 Å². The maximum atomic E-state index is 10.6. The van der Waals surface area contributed by atoms with Crippen LogP contribution in [0.1, 0.15) is 12.5 Å². The van der Waals surface area contributed by atoms with Crippen molar-refractivity contribution in [3.8, 4) is 17.2 Å². The van der Waals surface area contributed by atoms with Crippen LogP contribution in [0.25, 0.3) is 0 Å². The topological polar surface area (TPSA) is 77.4 Å². The minimum Gasteiger partial charge on any atom is -0.494 e. The lowest BCUT2D eigenvalue weighted by atomic mass is 10.2. The highest BCUT2D eigenvalue weighted by atomic mass is 16.5. The summed E-state index contributed by atoms with van der Waals surface area (Å²) in [6, 6.07) is 12.6. The summed E-state index contributed by atoms with van der Waals surface area (Å²) >= 11 is 0. The van der Waals surface area contributed by atoms with E-state index in [0.29, 0.717) is 18.1 Å². The Hall–Kier alpha value is -3.02. The zero-order valence-electron chi connectivity index (χ0n) is 13.6. The van der Waals surface area contributed by atoms with E-state index in [2.05, 4.69) is 4.99 Å². The predicted octanol–water partition coefficient (Wildman–Crippen LogP) is 3.31. The van der Waals surface area contributed by atoms with E-state index >= 15 is 0 Å². The van der Waals surface area contributed by atoms with E-state index in [1.807, 2.05) is 31.2 Å². The molecule has 126 valence electrons. The largest absolute Gasteiger partial charge is 0.494 e. The van der Waals surface area contributed by atoms with E-state index in [9.17, 15) is 4.79 Å². The fourth-order valence-electron chi connectivity index (χ4n) is 1.97. The molecule has 1 N–H and O–H groups in total. The predicted molar refractivity (Wildman–Crippen MR) is 91.0 cm³/mol. The van der Waals surface area contributed by atoms with Crippen molar-refractivity contribution in [1.29, 1.82) is 0 Å². The Kier molecular flexibility index (Phi) is 6.19. The number of hydrogen-bond acceptors (Lipinski definition) is 5. The molecule has 0 atom stereocenters. The molecule has 0 aliphatic carbocycles. The molecule has 2 aromatic carbocycles. The quantitative estimate of drug-likeness (QED) is 0.752. The fourth-order valence-corrected chi connectivity index (χ4v) is 1.97. The van der Waals surface area contributed by atoms with Crippen molar-refractivity contribution in [2.75, 3.05) is 20.3 Å². The molecular weight excluding hydrogens is 310 g/mol. The van der Waals surface area contributed by atoms with Gasteiger partial charge in [0.05, 0.1) is 19.4 Å². The van der Waals surface area contributed by atoms with Crippen LogP contribution in [0.2, 0.25) is 0 Å². The van der Waals surface area contributed by atoms with Crippen molar-refractivity contribution in [1.82, 2.24) is 0 Å². The monoisotopic (exact) mass is 329 g/mol.